The number of carbonyl (C=O) groups is 1. The molecular formula is C13H18N2O3S. The second kappa shape index (κ2) is 6.38. The summed E-state index contributed by atoms with van der Waals surface area (Å²) >= 11 is 0. The lowest BCUT2D eigenvalue weighted by atomic mass is 10.1. The van der Waals surface area contributed by atoms with Crippen LogP contribution < -0.4 is 9.62 Å². The molecule has 1 rings (SSSR count). The third-order valence-corrected chi connectivity index (χ3v) is 3.81. The van der Waals surface area contributed by atoms with Crippen molar-refractivity contribution >= 4 is 21.6 Å². The highest BCUT2D eigenvalue weighted by Crippen LogP contribution is 2.16. The zero-order valence-corrected chi connectivity index (χ0v) is 11.9. The molecule has 0 saturated heterocycles. The van der Waals surface area contributed by atoms with Crippen LogP contribution in [0.1, 0.15) is 5.56 Å². The molecule has 104 valence electrons. The Kier molecular flexibility index (Phi) is 5.11. The Morgan fingerprint density at radius 3 is 2.42 bits per heavy atom. The standard InChI is InChI=1S/C13H18N2O3S/c1-4-9-14-13(16)10-11-5-7-12(8-6-11)15(2)19(3,17)18/h4-8H,1,9-10H2,2-3H3,(H,14,16). The van der Waals surface area contributed by atoms with Crippen molar-refractivity contribution in [2.24, 2.45) is 0 Å². The molecule has 5 nitrogen and oxygen atoms in total. The Balaban J connectivity index is 2.72. The van der Waals surface area contributed by atoms with Gasteiger partial charge in [0.1, 0.15) is 0 Å². The van der Waals surface area contributed by atoms with Gasteiger partial charge in [-0.25, -0.2) is 8.42 Å². The van der Waals surface area contributed by atoms with Gasteiger partial charge in [-0.15, -0.1) is 6.58 Å². The number of amides is 1. The lowest BCUT2D eigenvalue weighted by Gasteiger charge is -2.16. The van der Waals surface area contributed by atoms with Gasteiger partial charge in [0.15, 0.2) is 0 Å². The van der Waals surface area contributed by atoms with E-state index in [1.54, 1.807) is 30.3 Å². The fourth-order valence-electron chi connectivity index (χ4n) is 1.45. The fourth-order valence-corrected chi connectivity index (χ4v) is 1.95. The number of hydrogen-bond acceptors (Lipinski definition) is 3. The van der Waals surface area contributed by atoms with Crippen LogP contribution in [0.3, 0.4) is 0 Å². The van der Waals surface area contributed by atoms with E-state index in [0.29, 0.717) is 12.2 Å². The van der Waals surface area contributed by atoms with Crippen molar-refractivity contribution in [3.8, 4) is 0 Å². The van der Waals surface area contributed by atoms with Crippen molar-refractivity contribution in [1.29, 1.82) is 0 Å². The summed E-state index contributed by atoms with van der Waals surface area (Å²) < 4.78 is 23.9. The third-order valence-electron chi connectivity index (χ3n) is 2.61. The Bertz CT molecular complexity index is 550. The quantitative estimate of drug-likeness (QED) is 0.789. The van der Waals surface area contributed by atoms with Gasteiger partial charge in [0.05, 0.1) is 18.4 Å². The van der Waals surface area contributed by atoms with Gasteiger partial charge in [-0.2, -0.15) is 0 Å². The maximum atomic E-state index is 11.5. The molecule has 0 bridgehead atoms. The summed E-state index contributed by atoms with van der Waals surface area (Å²) in [5, 5.41) is 2.68. The predicted molar refractivity (Wildman–Crippen MR) is 76.6 cm³/mol. The van der Waals surface area contributed by atoms with Gasteiger partial charge in [0.2, 0.25) is 15.9 Å². The van der Waals surface area contributed by atoms with Crippen molar-refractivity contribution < 1.29 is 13.2 Å². The van der Waals surface area contributed by atoms with Gasteiger partial charge >= 0.3 is 0 Å². The lowest BCUT2D eigenvalue weighted by molar-refractivity contribution is -0.120. The molecular weight excluding hydrogens is 264 g/mol. The average molecular weight is 282 g/mol. The van der Waals surface area contributed by atoms with Crippen LogP contribution in [-0.4, -0.2) is 34.2 Å². The first kappa shape index (κ1) is 15.2. The SMILES string of the molecule is C=CCNC(=O)Cc1ccc(N(C)S(C)(=O)=O)cc1. The number of nitrogens with zero attached hydrogens (tertiary/aromatic N) is 1. The van der Waals surface area contributed by atoms with E-state index in [2.05, 4.69) is 11.9 Å². The van der Waals surface area contributed by atoms with Crippen LogP contribution >= 0.6 is 0 Å². The summed E-state index contributed by atoms with van der Waals surface area (Å²) in [5.74, 6) is -0.0934. The van der Waals surface area contributed by atoms with Gasteiger partial charge in [0, 0.05) is 13.6 Å². The molecule has 1 aromatic rings. The molecule has 1 N–H and O–H groups in total. The summed E-state index contributed by atoms with van der Waals surface area (Å²) in [6, 6.07) is 6.84. The van der Waals surface area contributed by atoms with E-state index in [1.807, 2.05) is 0 Å². The van der Waals surface area contributed by atoms with Gasteiger partial charge in [-0.1, -0.05) is 18.2 Å². The van der Waals surface area contributed by atoms with E-state index in [-0.39, 0.29) is 12.3 Å². The highest BCUT2D eigenvalue weighted by atomic mass is 32.2. The number of anilines is 1. The van der Waals surface area contributed by atoms with Crippen molar-refractivity contribution in [3.63, 3.8) is 0 Å². The number of nitrogens with one attached hydrogen (secondary N) is 1. The third kappa shape index (κ3) is 4.75. The first-order valence-electron chi connectivity index (χ1n) is 5.75. The number of rotatable bonds is 6. The molecule has 0 aliphatic rings. The molecule has 0 radical (unpaired) electrons. The van der Waals surface area contributed by atoms with E-state index < -0.39 is 10.0 Å². The Labute approximate surface area is 114 Å². The lowest BCUT2D eigenvalue weighted by Crippen LogP contribution is -2.25. The summed E-state index contributed by atoms with van der Waals surface area (Å²) in [5.41, 5.74) is 1.39. The highest BCUT2D eigenvalue weighted by molar-refractivity contribution is 7.92. The van der Waals surface area contributed by atoms with Crippen LogP contribution in [0.5, 0.6) is 0 Å². The molecule has 0 heterocycles. The van der Waals surface area contributed by atoms with Crippen molar-refractivity contribution in [3.05, 3.63) is 42.5 Å². The smallest absolute Gasteiger partial charge is 0.231 e. The molecule has 0 spiro atoms. The molecule has 0 aliphatic carbocycles. The van der Waals surface area contributed by atoms with E-state index in [9.17, 15) is 13.2 Å². The van der Waals surface area contributed by atoms with Crippen LogP contribution in [0.25, 0.3) is 0 Å². The molecule has 0 aromatic heterocycles. The Morgan fingerprint density at radius 1 is 1.37 bits per heavy atom. The minimum absolute atomic E-state index is 0.0934. The van der Waals surface area contributed by atoms with Crippen LogP contribution in [0, 0.1) is 0 Å². The number of sulfonamides is 1. The average Bonchev–Trinajstić information content (AvgIpc) is 2.35. The van der Waals surface area contributed by atoms with Crippen LogP contribution in [-0.2, 0) is 21.2 Å². The highest BCUT2D eigenvalue weighted by Gasteiger charge is 2.11. The topological polar surface area (TPSA) is 66.5 Å². The van der Waals surface area contributed by atoms with Crippen molar-refractivity contribution in [2.75, 3.05) is 24.2 Å². The second-order valence-electron chi connectivity index (χ2n) is 4.17. The molecule has 0 aliphatic heterocycles. The summed E-state index contributed by atoms with van der Waals surface area (Å²) in [6.45, 7) is 3.95. The zero-order chi connectivity index (χ0) is 14.5. The van der Waals surface area contributed by atoms with Crippen molar-refractivity contribution in [1.82, 2.24) is 5.32 Å². The molecule has 1 amide bonds. The van der Waals surface area contributed by atoms with E-state index in [0.717, 1.165) is 11.8 Å². The monoisotopic (exact) mass is 282 g/mol. The number of hydrogen-bond donors (Lipinski definition) is 1. The minimum Gasteiger partial charge on any atom is -0.352 e. The summed E-state index contributed by atoms with van der Waals surface area (Å²) in [6.07, 6.45) is 3.02. The first-order chi connectivity index (χ1) is 8.84. The molecule has 1 aromatic carbocycles. The Hall–Kier alpha value is -1.82. The van der Waals surface area contributed by atoms with Crippen LogP contribution in [0.15, 0.2) is 36.9 Å². The van der Waals surface area contributed by atoms with Gasteiger partial charge in [-0.3, -0.25) is 9.10 Å². The fraction of sp³-hybridized carbons (Fsp3) is 0.308. The first-order valence-corrected chi connectivity index (χ1v) is 7.60. The van der Waals surface area contributed by atoms with E-state index in [1.165, 1.54) is 11.4 Å². The second-order valence-corrected chi connectivity index (χ2v) is 6.18. The maximum Gasteiger partial charge on any atom is 0.231 e. The van der Waals surface area contributed by atoms with Crippen LogP contribution in [0.4, 0.5) is 5.69 Å². The van der Waals surface area contributed by atoms with Crippen LogP contribution in [0.2, 0.25) is 0 Å². The normalized spacial score (nSPS) is 10.8. The van der Waals surface area contributed by atoms with Gasteiger partial charge in [-0.05, 0) is 17.7 Å². The predicted octanol–water partition coefficient (Wildman–Crippen LogP) is 0.927. The van der Waals surface area contributed by atoms with E-state index >= 15 is 0 Å². The van der Waals surface area contributed by atoms with Gasteiger partial charge in [0.25, 0.3) is 0 Å². The van der Waals surface area contributed by atoms with Crippen molar-refractivity contribution in [2.45, 2.75) is 6.42 Å². The molecule has 0 unspecified atom stereocenters. The molecule has 0 fully saturated rings. The molecule has 0 saturated carbocycles. The molecule has 19 heavy (non-hydrogen) atoms. The molecule has 6 heteroatoms. The van der Waals surface area contributed by atoms with E-state index in [4.69, 9.17) is 0 Å². The molecule has 0 atom stereocenters. The number of carbonyl (C=O) groups excluding carboxylic acids is 1. The summed E-state index contributed by atoms with van der Waals surface area (Å²) in [7, 11) is -1.77. The minimum atomic E-state index is -3.26. The number of benzene rings is 1. The van der Waals surface area contributed by atoms with Gasteiger partial charge < -0.3 is 5.32 Å². The maximum absolute atomic E-state index is 11.5. The summed E-state index contributed by atoms with van der Waals surface area (Å²) in [4.78, 5) is 11.5. The largest absolute Gasteiger partial charge is 0.352 e. The Morgan fingerprint density at radius 2 is 1.95 bits per heavy atom. The zero-order valence-electron chi connectivity index (χ0n) is 11.1.